The van der Waals surface area contributed by atoms with Crippen molar-refractivity contribution >= 4 is 32.6 Å². The molecule has 0 aliphatic carbocycles. The maximum atomic E-state index is 5.06. The zero-order chi connectivity index (χ0) is 31.9. The Morgan fingerprint density at radius 1 is 0.333 bits per heavy atom. The van der Waals surface area contributed by atoms with Gasteiger partial charge in [0.05, 0.1) is 28.1 Å². The standard InChI is InChI=1S/C43H27N5/c1-4-12-28(13-5-1)38-26-39(47-42(46-38)30-16-8-3-9-17-30)31-20-22-34-33(24-31)27-44-40-25-32(21-23-35(34)40)43-45-37-19-11-10-18-36(37)41(48-43)29-14-6-2-7-15-29/h1-27H. The van der Waals surface area contributed by atoms with E-state index in [1.54, 1.807) is 0 Å². The normalized spacial score (nSPS) is 11.3. The van der Waals surface area contributed by atoms with Crippen LogP contribution in [-0.4, -0.2) is 24.9 Å². The number of rotatable bonds is 5. The Balaban J connectivity index is 1.14. The smallest absolute Gasteiger partial charge is 0.160 e. The molecule has 48 heavy (non-hydrogen) atoms. The predicted molar refractivity (Wildman–Crippen MR) is 195 cm³/mol. The van der Waals surface area contributed by atoms with Gasteiger partial charge in [0, 0.05) is 50.2 Å². The van der Waals surface area contributed by atoms with Crippen LogP contribution in [-0.2, 0) is 0 Å². The van der Waals surface area contributed by atoms with Gasteiger partial charge in [0.1, 0.15) is 0 Å². The molecule has 0 N–H and O–H groups in total. The summed E-state index contributed by atoms with van der Waals surface area (Å²) in [5.41, 5.74) is 9.51. The van der Waals surface area contributed by atoms with Crippen molar-refractivity contribution in [1.82, 2.24) is 24.9 Å². The SMILES string of the molecule is c1ccc(-c2cc(-c3ccc4c(cnc5cc(-c6nc(-c7ccccc7)c7ccccc7n6)ccc54)c3)nc(-c3ccccc3)n2)cc1. The first kappa shape index (κ1) is 27.7. The molecule has 5 heteroatoms. The summed E-state index contributed by atoms with van der Waals surface area (Å²) in [4.78, 5) is 24.9. The number of fused-ring (bicyclic) bond motifs is 4. The lowest BCUT2D eigenvalue weighted by molar-refractivity contribution is 1.18. The van der Waals surface area contributed by atoms with Gasteiger partial charge in [-0.1, -0.05) is 133 Å². The monoisotopic (exact) mass is 613 g/mol. The highest BCUT2D eigenvalue weighted by Crippen LogP contribution is 2.34. The molecule has 224 valence electrons. The summed E-state index contributed by atoms with van der Waals surface area (Å²) in [5, 5.41) is 4.27. The van der Waals surface area contributed by atoms with Crippen LogP contribution in [0, 0.1) is 0 Å². The summed E-state index contributed by atoms with van der Waals surface area (Å²) in [7, 11) is 0. The van der Waals surface area contributed by atoms with Gasteiger partial charge in [0.2, 0.25) is 0 Å². The van der Waals surface area contributed by atoms with Crippen molar-refractivity contribution in [2.24, 2.45) is 0 Å². The van der Waals surface area contributed by atoms with E-state index in [0.29, 0.717) is 11.6 Å². The van der Waals surface area contributed by atoms with Crippen LogP contribution in [0.2, 0.25) is 0 Å². The van der Waals surface area contributed by atoms with Gasteiger partial charge in [-0.05, 0) is 29.7 Å². The van der Waals surface area contributed by atoms with Crippen molar-refractivity contribution in [2.45, 2.75) is 0 Å². The molecule has 0 spiro atoms. The van der Waals surface area contributed by atoms with E-state index in [2.05, 4.69) is 72.8 Å². The summed E-state index contributed by atoms with van der Waals surface area (Å²) >= 11 is 0. The molecule has 3 aromatic heterocycles. The second-order valence-corrected chi connectivity index (χ2v) is 11.8. The van der Waals surface area contributed by atoms with Gasteiger partial charge in [-0.2, -0.15) is 0 Å². The fourth-order valence-corrected chi connectivity index (χ4v) is 6.31. The molecule has 0 radical (unpaired) electrons. The number of hydrogen-bond donors (Lipinski definition) is 0. The number of aromatic nitrogens is 5. The van der Waals surface area contributed by atoms with Crippen LogP contribution < -0.4 is 0 Å². The Hall–Kier alpha value is -6.59. The van der Waals surface area contributed by atoms with Crippen LogP contribution in [0.1, 0.15) is 0 Å². The third-order valence-electron chi connectivity index (χ3n) is 8.71. The predicted octanol–water partition coefficient (Wildman–Crippen LogP) is 10.5. The number of hydrogen-bond acceptors (Lipinski definition) is 5. The van der Waals surface area contributed by atoms with Gasteiger partial charge in [-0.25, -0.2) is 19.9 Å². The van der Waals surface area contributed by atoms with Crippen molar-refractivity contribution in [1.29, 1.82) is 0 Å². The van der Waals surface area contributed by atoms with Crippen LogP contribution >= 0.6 is 0 Å². The molecule has 0 aliphatic rings. The van der Waals surface area contributed by atoms with E-state index in [1.165, 1.54) is 0 Å². The maximum absolute atomic E-state index is 5.06. The third-order valence-corrected chi connectivity index (χ3v) is 8.71. The Morgan fingerprint density at radius 2 is 0.938 bits per heavy atom. The number of para-hydroxylation sites is 1. The number of benzene rings is 6. The minimum atomic E-state index is 0.680. The van der Waals surface area contributed by atoms with E-state index in [0.717, 1.165) is 77.5 Å². The molecule has 0 amide bonds. The van der Waals surface area contributed by atoms with Crippen molar-refractivity contribution in [3.8, 4) is 56.5 Å². The second-order valence-electron chi connectivity index (χ2n) is 11.8. The highest BCUT2D eigenvalue weighted by atomic mass is 14.9. The first-order chi connectivity index (χ1) is 23.8. The fourth-order valence-electron chi connectivity index (χ4n) is 6.31. The first-order valence-electron chi connectivity index (χ1n) is 15.9. The van der Waals surface area contributed by atoms with Gasteiger partial charge in [-0.15, -0.1) is 0 Å². The highest BCUT2D eigenvalue weighted by Gasteiger charge is 2.14. The maximum Gasteiger partial charge on any atom is 0.160 e. The van der Waals surface area contributed by atoms with E-state index in [9.17, 15) is 0 Å². The average molecular weight is 614 g/mol. The lowest BCUT2D eigenvalue weighted by Gasteiger charge is -2.11. The van der Waals surface area contributed by atoms with Crippen LogP contribution in [0.15, 0.2) is 164 Å². The number of pyridine rings is 1. The van der Waals surface area contributed by atoms with Crippen LogP contribution in [0.3, 0.4) is 0 Å². The molecular weight excluding hydrogens is 587 g/mol. The van der Waals surface area contributed by atoms with Crippen molar-refractivity contribution in [3.63, 3.8) is 0 Å². The minimum absolute atomic E-state index is 0.680. The Bertz CT molecular complexity index is 2550. The molecule has 6 aromatic carbocycles. The largest absolute Gasteiger partial charge is 0.256 e. The first-order valence-corrected chi connectivity index (χ1v) is 15.9. The quantitative estimate of drug-likeness (QED) is 0.181. The topological polar surface area (TPSA) is 64.5 Å². The van der Waals surface area contributed by atoms with Gasteiger partial charge >= 0.3 is 0 Å². The Kier molecular flexibility index (Phi) is 6.72. The molecule has 5 nitrogen and oxygen atoms in total. The molecule has 9 rings (SSSR count). The summed E-state index contributed by atoms with van der Waals surface area (Å²) in [6.45, 7) is 0. The molecular formula is C43H27N5. The molecule has 0 atom stereocenters. The molecule has 0 aliphatic heterocycles. The molecule has 9 aromatic rings. The summed E-state index contributed by atoms with van der Waals surface area (Å²) in [6, 6.07) is 53.7. The highest BCUT2D eigenvalue weighted by molar-refractivity contribution is 6.07. The fraction of sp³-hybridized carbons (Fsp3) is 0. The zero-order valence-corrected chi connectivity index (χ0v) is 25.8. The second kappa shape index (κ2) is 11.6. The summed E-state index contributed by atoms with van der Waals surface area (Å²) in [6.07, 6.45) is 1.94. The zero-order valence-electron chi connectivity index (χ0n) is 25.8. The summed E-state index contributed by atoms with van der Waals surface area (Å²) in [5.74, 6) is 1.38. The molecule has 0 bridgehead atoms. The van der Waals surface area contributed by atoms with E-state index in [-0.39, 0.29) is 0 Å². The average Bonchev–Trinajstić information content (AvgIpc) is 3.17. The Labute approximate surface area is 277 Å². The van der Waals surface area contributed by atoms with Crippen LogP contribution in [0.4, 0.5) is 0 Å². The Morgan fingerprint density at radius 3 is 1.71 bits per heavy atom. The number of nitrogens with zero attached hydrogens (tertiary/aromatic N) is 5. The van der Waals surface area contributed by atoms with Gasteiger partial charge in [-0.3, -0.25) is 4.98 Å². The lowest BCUT2D eigenvalue weighted by Crippen LogP contribution is -1.96. The van der Waals surface area contributed by atoms with E-state index in [4.69, 9.17) is 24.9 Å². The molecule has 0 saturated carbocycles. The van der Waals surface area contributed by atoms with Crippen molar-refractivity contribution in [2.75, 3.05) is 0 Å². The third kappa shape index (κ3) is 5.04. The minimum Gasteiger partial charge on any atom is -0.256 e. The molecule has 0 fully saturated rings. The van der Waals surface area contributed by atoms with E-state index < -0.39 is 0 Å². The van der Waals surface area contributed by atoms with E-state index in [1.807, 2.05) is 91.1 Å². The molecule has 0 unspecified atom stereocenters. The van der Waals surface area contributed by atoms with Gasteiger partial charge < -0.3 is 0 Å². The molecule has 3 heterocycles. The lowest BCUT2D eigenvalue weighted by atomic mass is 10.0. The van der Waals surface area contributed by atoms with Crippen LogP contribution in [0.5, 0.6) is 0 Å². The molecule has 0 saturated heterocycles. The summed E-state index contributed by atoms with van der Waals surface area (Å²) < 4.78 is 0. The van der Waals surface area contributed by atoms with Crippen LogP contribution in [0.25, 0.3) is 89.1 Å². The van der Waals surface area contributed by atoms with Crippen molar-refractivity contribution in [3.05, 3.63) is 164 Å². The van der Waals surface area contributed by atoms with Crippen molar-refractivity contribution < 1.29 is 0 Å². The van der Waals surface area contributed by atoms with Gasteiger partial charge in [0.25, 0.3) is 0 Å². The van der Waals surface area contributed by atoms with E-state index >= 15 is 0 Å². The van der Waals surface area contributed by atoms with Gasteiger partial charge in [0.15, 0.2) is 11.6 Å².